The highest BCUT2D eigenvalue weighted by Gasteiger charge is 2.14. The smallest absolute Gasteiger partial charge is 0.187 e. The number of carbonyl (C=O) groups is 1. The lowest BCUT2D eigenvalue weighted by molar-refractivity contribution is 0.0946. The van der Waals surface area contributed by atoms with Crippen LogP contribution in [0, 0.1) is 0 Å². The van der Waals surface area contributed by atoms with Crippen molar-refractivity contribution in [3.63, 3.8) is 0 Å². The number of ether oxygens (including phenoxy) is 1. The number of nitrogens with zero attached hydrogens (tertiary/aromatic N) is 1. The largest absolute Gasteiger partial charge is 0.497 e. The van der Waals surface area contributed by atoms with E-state index >= 15 is 0 Å². The first-order valence-electron chi connectivity index (χ1n) is 6.18. The fourth-order valence-corrected chi connectivity index (χ4v) is 3.43. The zero-order valence-corrected chi connectivity index (χ0v) is 13.8. The molecule has 0 N–H and O–H groups in total. The Morgan fingerprint density at radius 1 is 1.30 bits per heavy atom. The lowest BCUT2D eigenvalue weighted by Gasteiger charge is -2.15. The molecule has 1 aromatic carbocycles. The molecule has 0 aliphatic carbocycles. The Morgan fingerprint density at radius 2 is 2.00 bits per heavy atom. The summed E-state index contributed by atoms with van der Waals surface area (Å²) in [6.07, 6.45) is 0. The molecule has 5 heteroatoms. The highest BCUT2D eigenvalue weighted by molar-refractivity contribution is 9.10. The normalized spacial score (nSPS) is 10.8. The average molecular weight is 354 g/mol. The van der Waals surface area contributed by atoms with Gasteiger partial charge in [0.15, 0.2) is 5.78 Å². The molecule has 0 bridgehead atoms. The van der Waals surface area contributed by atoms with E-state index in [0.717, 1.165) is 27.2 Å². The van der Waals surface area contributed by atoms with Crippen LogP contribution in [0.1, 0.15) is 15.2 Å². The Morgan fingerprint density at radius 3 is 2.55 bits per heavy atom. The van der Waals surface area contributed by atoms with Crippen LogP contribution in [-0.4, -0.2) is 31.4 Å². The van der Waals surface area contributed by atoms with Crippen LogP contribution in [0.5, 0.6) is 5.75 Å². The van der Waals surface area contributed by atoms with Crippen LogP contribution in [0.25, 0.3) is 0 Å². The summed E-state index contributed by atoms with van der Waals surface area (Å²) in [6, 6.07) is 9.80. The molecule has 0 fully saturated rings. The van der Waals surface area contributed by atoms with Crippen molar-refractivity contribution in [2.24, 2.45) is 0 Å². The van der Waals surface area contributed by atoms with Crippen molar-refractivity contribution in [2.45, 2.75) is 6.54 Å². The molecule has 0 atom stereocenters. The second-order valence-corrected chi connectivity index (χ2v) is 6.31. The topological polar surface area (TPSA) is 29.5 Å². The molecule has 2 aromatic rings. The molecule has 1 heterocycles. The summed E-state index contributed by atoms with van der Waals surface area (Å²) in [7, 11) is 3.60. The third-order valence-electron chi connectivity index (χ3n) is 2.90. The fraction of sp³-hybridized carbons (Fsp3) is 0.267. The highest BCUT2D eigenvalue weighted by atomic mass is 79.9. The molecule has 0 spiro atoms. The lowest BCUT2D eigenvalue weighted by Crippen LogP contribution is -2.25. The highest BCUT2D eigenvalue weighted by Crippen LogP contribution is 2.23. The Bertz CT molecular complexity index is 580. The van der Waals surface area contributed by atoms with Gasteiger partial charge in [0.2, 0.25) is 0 Å². The summed E-state index contributed by atoms with van der Waals surface area (Å²) in [5.41, 5.74) is 1.16. The van der Waals surface area contributed by atoms with Crippen molar-refractivity contribution in [1.29, 1.82) is 0 Å². The fourth-order valence-electron chi connectivity index (χ4n) is 1.91. The van der Waals surface area contributed by atoms with E-state index < -0.39 is 0 Å². The number of hydrogen-bond donors (Lipinski definition) is 0. The SMILES string of the molecule is COc1ccc(CN(C)CC(=O)c2sccc2Br)cc1. The standard InChI is InChI=1S/C15H16BrNO2S/c1-17(9-11-3-5-12(19-2)6-4-11)10-14(18)15-13(16)7-8-20-15/h3-8H,9-10H2,1-2H3. The van der Waals surface area contributed by atoms with Crippen molar-refractivity contribution in [3.8, 4) is 5.75 Å². The molecular weight excluding hydrogens is 338 g/mol. The molecule has 0 unspecified atom stereocenters. The molecule has 2 rings (SSSR count). The Kier molecular flexibility index (Phi) is 5.34. The van der Waals surface area contributed by atoms with Gasteiger partial charge < -0.3 is 4.74 Å². The summed E-state index contributed by atoms with van der Waals surface area (Å²) in [5.74, 6) is 0.984. The number of benzene rings is 1. The van der Waals surface area contributed by atoms with Gasteiger partial charge in [0.1, 0.15) is 5.75 Å². The molecule has 0 amide bonds. The van der Waals surface area contributed by atoms with E-state index in [9.17, 15) is 4.79 Å². The van der Waals surface area contributed by atoms with Crippen LogP contribution in [0.15, 0.2) is 40.2 Å². The van der Waals surface area contributed by atoms with E-state index in [1.165, 1.54) is 11.3 Å². The van der Waals surface area contributed by atoms with Gasteiger partial charge in [-0.1, -0.05) is 12.1 Å². The van der Waals surface area contributed by atoms with Crippen molar-refractivity contribution in [3.05, 3.63) is 50.6 Å². The molecule has 0 aliphatic heterocycles. The molecule has 0 radical (unpaired) electrons. The van der Waals surface area contributed by atoms with Crippen molar-refractivity contribution in [2.75, 3.05) is 20.7 Å². The van der Waals surface area contributed by atoms with E-state index in [2.05, 4.69) is 15.9 Å². The molecule has 0 aliphatic rings. The first kappa shape index (κ1) is 15.2. The third kappa shape index (κ3) is 3.91. The van der Waals surface area contributed by atoms with Gasteiger partial charge in [0.05, 0.1) is 18.5 Å². The van der Waals surface area contributed by atoms with Crippen molar-refractivity contribution in [1.82, 2.24) is 4.90 Å². The molecule has 0 saturated heterocycles. The molecule has 3 nitrogen and oxygen atoms in total. The molecule has 1 aromatic heterocycles. The first-order valence-corrected chi connectivity index (χ1v) is 7.85. The maximum absolute atomic E-state index is 12.1. The number of methoxy groups -OCH3 is 1. The number of likely N-dealkylation sites (N-methyl/N-ethyl adjacent to an activating group) is 1. The summed E-state index contributed by atoms with van der Waals surface area (Å²) < 4.78 is 6.01. The van der Waals surface area contributed by atoms with E-state index in [-0.39, 0.29) is 5.78 Å². The first-order chi connectivity index (χ1) is 9.60. The van der Waals surface area contributed by atoms with Gasteiger partial charge in [0.25, 0.3) is 0 Å². The summed E-state index contributed by atoms with van der Waals surface area (Å²) in [5, 5.41) is 1.92. The van der Waals surface area contributed by atoms with Crippen LogP contribution in [-0.2, 0) is 6.54 Å². The average Bonchev–Trinajstić information content (AvgIpc) is 2.86. The maximum atomic E-state index is 12.1. The Labute approximate surface area is 131 Å². The number of hydrogen-bond acceptors (Lipinski definition) is 4. The number of thiophene rings is 1. The lowest BCUT2D eigenvalue weighted by atomic mass is 10.2. The molecule has 0 saturated carbocycles. The third-order valence-corrected chi connectivity index (χ3v) is 4.77. The van der Waals surface area contributed by atoms with Crippen molar-refractivity contribution >= 4 is 33.0 Å². The minimum atomic E-state index is 0.142. The van der Waals surface area contributed by atoms with E-state index in [1.54, 1.807) is 7.11 Å². The Balaban J connectivity index is 1.93. The van der Waals surface area contributed by atoms with Gasteiger partial charge in [-0.05, 0) is 52.1 Å². The van der Waals surface area contributed by atoms with Gasteiger partial charge in [-0.15, -0.1) is 11.3 Å². The van der Waals surface area contributed by atoms with Crippen LogP contribution in [0.3, 0.4) is 0 Å². The minimum absolute atomic E-state index is 0.142. The summed E-state index contributed by atoms with van der Waals surface area (Å²) in [4.78, 5) is 14.9. The van der Waals surface area contributed by atoms with Gasteiger partial charge in [0, 0.05) is 11.0 Å². The van der Waals surface area contributed by atoms with E-state index in [4.69, 9.17) is 4.74 Å². The summed E-state index contributed by atoms with van der Waals surface area (Å²) >= 11 is 4.87. The van der Waals surface area contributed by atoms with Gasteiger partial charge >= 0.3 is 0 Å². The minimum Gasteiger partial charge on any atom is -0.497 e. The summed E-state index contributed by atoms with van der Waals surface area (Å²) in [6.45, 7) is 1.14. The number of carbonyl (C=O) groups excluding carboxylic acids is 1. The number of rotatable bonds is 6. The monoisotopic (exact) mass is 353 g/mol. The van der Waals surface area contributed by atoms with Crippen LogP contribution in [0.2, 0.25) is 0 Å². The second-order valence-electron chi connectivity index (χ2n) is 4.54. The van der Waals surface area contributed by atoms with Crippen LogP contribution in [0.4, 0.5) is 0 Å². The maximum Gasteiger partial charge on any atom is 0.187 e. The van der Waals surface area contributed by atoms with E-state index in [0.29, 0.717) is 6.54 Å². The van der Waals surface area contributed by atoms with Gasteiger partial charge in [-0.3, -0.25) is 9.69 Å². The molecule has 106 valence electrons. The zero-order valence-electron chi connectivity index (χ0n) is 11.4. The quantitative estimate of drug-likeness (QED) is 0.739. The number of ketones is 1. The zero-order chi connectivity index (χ0) is 14.5. The predicted octanol–water partition coefficient (Wildman–Crippen LogP) is 3.83. The molecule has 20 heavy (non-hydrogen) atoms. The number of Topliss-reactive ketones (excluding diaryl/α,β-unsaturated/α-hetero) is 1. The van der Waals surface area contributed by atoms with Gasteiger partial charge in [-0.25, -0.2) is 0 Å². The number of halogens is 1. The van der Waals surface area contributed by atoms with E-state index in [1.807, 2.05) is 47.7 Å². The van der Waals surface area contributed by atoms with Crippen LogP contribution < -0.4 is 4.74 Å². The second kappa shape index (κ2) is 7.02. The van der Waals surface area contributed by atoms with Crippen LogP contribution >= 0.6 is 27.3 Å². The predicted molar refractivity (Wildman–Crippen MR) is 85.7 cm³/mol. The molecular formula is C15H16BrNO2S. The van der Waals surface area contributed by atoms with Gasteiger partial charge in [-0.2, -0.15) is 0 Å². The van der Waals surface area contributed by atoms with Crippen molar-refractivity contribution < 1.29 is 9.53 Å². The Hall–Kier alpha value is -1.17.